The molecular weight excluding hydrogens is 414 g/mol. The number of non-ortho nitro benzene ring substituents is 1. The first-order chi connectivity index (χ1) is 15.4. The van der Waals surface area contributed by atoms with E-state index in [9.17, 15) is 19.7 Å². The minimum absolute atomic E-state index is 0.0246. The normalized spacial score (nSPS) is 11.0. The number of azo groups is 1. The molecule has 0 aliphatic heterocycles. The molecule has 0 aliphatic rings. The zero-order valence-electron chi connectivity index (χ0n) is 16.4. The van der Waals surface area contributed by atoms with E-state index in [2.05, 4.69) is 15.3 Å². The fourth-order valence-corrected chi connectivity index (χ4v) is 3.04. The number of nitro groups is 1. The average molecular weight is 429 g/mol. The summed E-state index contributed by atoms with van der Waals surface area (Å²) in [6.45, 7) is 0. The summed E-state index contributed by atoms with van der Waals surface area (Å²) in [6, 6.07) is 20.3. The highest BCUT2D eigenvalue weighted by atomic mass is 16.6. The summed E-state index contributed by atoms with van der Waals surface area (Å²) < 4.78 is 1.29. The first-order valence-electron chi connectivity index (χ1n) is 9.34. The van der Waals surface area contributed by atoms with E-state index in [1.807, 2.05) is 6.07 Å². The molecule has 0 fully saturated rings. The first kappa shape index (κ1) is 20.4. The number of carboxylic acids is 1. The lowest BCUT2D eigenvalue weighted by atomic mass is 10.1. The van der Waals surface area contributed by atoms with Gasteiger partial charge in [-0.25, -0.2) is 9.48 Å². The number of aromatic carboxylic acids is 1. The molecule has 0 bridgehead atoms. The third-order valence-corrected chi connectivity index (χ3v) is 4.61. The molecule has 4 rings (SSSR count). The molecule has 0 unspecified atom stereocenters. The summed E-state index contributed by atoms with van der Waals surface area (Å²) in [4.78, 5) is 34.7. The summed E-state index contributed by atoms with van der Waals surface area (Å²) in [5.41, 5.74) is 1.06. The molecule has 1 heterocycles. The Morgan fingerprint density at radius 1 is 0.969 bits per heavy atom. The van der Waals surface area contributed by atoms with Gasteiger partial charge in [-0.2, -0.15) is 5.11 Å². The molecule has 4 aromatic rings. The molecule has 0 saturated carbocycles. The maximum atomic E-state index is 13.1. The van der Waals surface area contributed by atoms with Crippen LogP contribution in [0, 0.1) is 10.1 Å². The Morgan fingerprint density at radius 3 is 2.34 bits per heavy atom. The van der Waals surface area contributed by atoms with Crippen LogP contribution in [0.25, 0.3) is 16.9 Å². The van der Waals surface area contributed by atoms with Gasteiger partial charge >= 0.3 is 5.97 Å². The number of nitro benzene ring substituents is 1. The van der Waals surface area contributed by atoms with Gasteiger partial charge in [-0.1, -0.05) is 24.3 Å². The Hall–Kier alpha value is -4.86. The number of nitrogens with one attached hydrogen (secondary N) is 1. The number of para-hydroxylation sites is 1. The van der Waals surface area contributed by atoms with Gasteiger partial charge in [-0.15, -0.1) is 5.11 Å². The molecule has 0 atom stereocenters. The Kier molecular flexibility index (Phi) is 5.41. The van der Waals surface area contributed by atoms with Gasteiger partial charge in [0, 0.05) is 17.7 Å². The Morgan fingerprint density at radius 2 is 1.69 bits per heavy atom. The molecule has 32 heavy (non-hydrogen) atoms. The maximum absolute atomic E-state index is 13.1. The maximum Gasteiger partial charge on any atom is 0.335 e. The number of nitrogens with zero attached hydrogens (tertiary/aromatic N) is 4. The number of aromatic amines is 1. The molecule has 158 valence electrons. The summed E-state index contributed by atoms with van der Waals surface area (Å²) in [5, 5.41) is 31.2. The molecule has 10 heteroatoms. The van der Waals surface area contributed by atoms with Crippen molar-refractivity contribution in [3.05, 3.63) is 105 Å². The van der Waals surface area contributed by atoms with Gasteiger partial charge in [0.05, 0.1) is 27.6 Å². The van der Waals surface area contributed by atoms with Gasteiger partial charge in [0.2, 0.25) is 0 Å². The van der Waals surface area contributed by atoms with E-state index < -0.39 is 16.5 Å². The lowest BCUT2D eigenvalue weighted by molar-refractivity contribution is -0.384. The minimum Gasteiger partial charge on any atom is -0.478 e. The monoisotopic (exact) mass is 429 g/mol. The number of benzene rings is 3. The Labute approximate surface area is 180 Å². The molecule has 0 aliphatic carbocycles. The van der Waals surface area contributed by atoms with Crippen LogP contribution in [-0.2, 0) is 0 Å². The lowest BCUT2D eigenvalue weighted by Crippen LogP contribution is -2.13. The van der Waals surface area contributed by atoms with Crippen molar-refractivity contribution in [1.29, 1.82) is 0 Å². The van der Waals surface area contributed by atoms with Crippen LogP contribution in [0.3, 0.4) is 0 Å². The number of aromatic nitrogens is 2. The second kappa shape index (κ2) is 8.48. The second-order valence-electron chi connectivity index (χ2n) is 6.67. The van der Waals surface area contributed by atoms with Gasteiger partial charge in [0.15, 0.2) is 5.69 Å². The van der Waals surface area contributed by atoms with Crippen molar-refractivity contribution in [2.75, 3.05) is 0 Å². The van der Waals surface area contributed by atoms with Crippen LogP contribution in [0.1, 0.15) is 10.4 Å². The van der Waals surface area contributed by atoms with Crippen LogP contribution in [0.5, 0.6) is 0 Å². The van der Waals surface area contributed by atoms with Gasteiger partial charge < -0.3 is 5.11 Å². The predicted molar refractivity (Wildman–Crippen MR) is 116 cm³/mol. The topological polar surface area (TPSA) is 143 Å². The van der Waals surface area contributed by atoms with Crippen molar-refractivity contribution in [3.63, 3.8) is 0 Å². The SMILES string of the molecule is O=C(O)c1cccc(N=Nc2c(-c3ccc([N+](=O)[O-])cc3)[nH]n(-c3ccccc3)c2=O)c1. The summed E-state index contributed by atoms with van der Waals surface area (Å²) in [5.74, 6) is -1.11. The van der Waals surface area contributed by atoms with Gasteiger partial charge in [0.1, 0.15) is 0 Å². The highest BCUT2D eigenvalue weighted by molar-refractivity contribution is 5.88. The summed E-state index contributed by atoms with van der Waals surface area (Å²) in [6.07, 6.45) is 0. The van der Waals surface area contributed by atoms with Gasteiger partial charge in [-0.3, -0.25) is 20.0 Å². The van der Waals surface area contributed by atoms with Crippen LogP contribution in [0.4, 0.5) is 17.1 Å². The number of hydrogen-bond acceptors (Lipinski definition) is 6. The highest BCUT2D eigenvalue weighted by Gasteiger charge is 2.18. The highest BCUT2D eigenvalue weighted by Crippen LogP contribution is 2.29. The number of H-pyrrole nitrogens is 1. The quantitative estimate of drug-likeness (QED) is 0.256. The second-order valence-corrected chi connectivity index (χ2v) is 6.67. The largest absolute Gasteiger partial charge is 0.478 e. The smallest absolute Gasteiger partial charge is 0.335 e. The first-order valence-corrected chi connectivity index (χ1v) is 9.34. The molecule has 0 amide bonds. The average Bonchev–Trinajstić information content (AvgIpc) is 3.14. The molecule has 10 nitrogen and oxygen atoms in total. The van der Waals surface area contributed by atoms with E-state index in [4.69, 9.17) is 5.11 Å². The molecule has 3 aromatic carbocycles. The Balaban J connectivity index is 1.83. The van der Waals surface area contributed by atoms with Crippen LogP contribution < -0.4 is 5.56 Å². The van der Waals surface area contributed by atoms with E-state index in [1.165, 1.54) is 47.1 Å². The van der Waals surface area contributed by atoms with Gasteiger partial charge in [-0.05, 0) is 42.5 Å². The zero-order chi connectivity index (χ0) is 22.7. The predicted octanol–water partition coefficient (Wildman–Crippen LogP) is 4.85. The summed E-state index contributed by atoms with van der Waals surface area (Å²) >= 11 is 0. The molecule has 0 spiro atoms. The molecular formula is C22H15N5O5. The molecule has 2 N–H and O–H groups in total. The van der Waals surface area contributed by atoms with Crippen LogP contribution in [-0.4, -0.2) is 25.8 Å². The Bertz CT molecular complexity index is 1390. The number of rotatable bonds is 6. The summed E-state index contributed by atoms with van der Waals surface area (Å²) in [7, 11) is 0. The number of carbonyl (C=O) groups is 1. The lowest BCUT2D eigenvalue weighted by Gasteiger charge is -2.01. The van der Waals surface area contributed by atoms with Crippen LogP contribution in [0.2, 0.25) is 0 Å². The van der Waals surface area contributed by atoms with Crippen molar-refractivity contribution in [2.24, 2.45) is 10.2 Å². The van der Waals surface area contributed by atoms with E-state index in [-0.39, 0.29) is 22.6 Å². The van der Waals surface area contributed by atoms with Crippen molar-refractivity contribution < 1.29 is 14.8 Å². The number of hydrogen-bond donors (Lipinski definition) is 2. The van der Waals surface area contributed by atoms with E-state index in [1.54, 1.807) is 30.3 Å². The van der Waals surface area contributed by atoms with Gasteiger partial charge in [0.25, 0.3) is 11.2 Å². The third-order valence-electron chi connectivity index (χ3n) is 4.61. The van der Waals surface area contributed by atoms with E-state index >= 15 is 0 Å². The molecule has 1 aromatic heterocycles. The fraction of sp³-hybridized carbons (Fsp3) is 0. The van der Waals surface area contributed by atoms with Crippen molar-refractivity contribution >= 4 is 23.0 Å². The zero-order valence-corrected chi connectivity index (χ0v) is 16.4. The van der Waals surface area contributed by atoms with Crippen molar-refractivity contribution in [1.82, 2.24) is 9.78 Å². The minimum atomic E-state index is -1.11. The van der Waals surface area contributed by atoms with Crippen LogP contribution >= 0.6 is 0 Å². The molecule has 0 radical (unpaired) electrons. The third kappa shape index (κ3) is 4.05. The standard InChI is InChI=1S/C22H15N5O5/c28-21-20(24-23-16-6-4-5-15(13-16)22(29)30)19(14-9-11-18(12-10-14)27(31)32)25-26(21)17-7-2-1-3-8-17/h1-13,25H,(H,29,30). The number of carboxylic acid groups (broad SMARTS) is 1. The van der Waals surface area contributed by atoms with Crippen molar-refractivity contribution in [3.8, 4) is 16.9 Å². The van der Waals surface area contributed by atoms with Crippen LogP contribution in [0.15, 0.2) is 93.9 Å². The van der Waals surface area contributed by atoms with E-state index in [0.29, 0.717) is 16.9 Å². The van der Waals surface area contributed by atoms with E-state index in [0.717, 1.165) is 0 Å². The fourth-order valence-electron chi connectivity index (χ4n) is 3.04. The van der Waals surface area contributed by atoms with Crippen molar-refractivity contribution in [2.45, 2.75) is 0 Å². The molecule has 0 saturated heterocycles.